The summed E-state index contributed by atoms with van der Waals surface area (Å²) in [7, 11) is 0. The standard InChI is InChI=1S/C14H28N2O2/c1-2-3-4-5-8-15-9-6-10-16(13-12-15)11-7-14(17)18/h2-13H2,1H3,(H,17,18). The van der Waals surface area contributed by atoms with E-state index in [1.54, 1.807) is 0 Å². The molecule has 0 aromatic carbocycles. The molecule has 1 rings (SSSR count). The van der Waals surface area contributed by atoms with Gasteiger partial charge in [-0.05, 0) is 32.5 Å². The SMILES string of the molecule is CCCCCCN1CCCN(CCC(=O)O)CC1. The van der Waals surface area contributed by atoms with Gasteiger partial charge >= 0.3 is 5.97 Å². The lowest BCUT2D eigenvalue weighted by molar-refractivity contribution is -0.137. The quantitative estimate of drug-likeness (QED) is 0.675. The predicted molar refractivity (Wildman–Crippen MR) is 73.9 cm³/mol. The molecule has 0 aromatic heterocycles. The van der Waals surface area contributed by atoms with Crippen molar-refractivity contribution in [1.29, 1.82) is 0 Å². The molecule has 0 unspecified atom stereocenters. The van der Waals surface area contributed by atoms with E-state index in [0.29, 0.717) is 6.54 Å². The van der Waals surface area contributed by atoms with Crippen molar-refractivity contribution in [3.63, 3.8) is 0 Å². The van der Waals surface area contributed by atoms with Crippen LogP contribution in [-0.4, -0.2) is 60.1 Å². The van der Waals surface area contributed by atoms with E-state index in [9.17, 15) is 4.79 Å². The Morgan fingerprint density at radius 3 is 2.28 bits per heavy atom. The van der Waals surface area contributed by atoms with Crippen LogP contribution in [0, 0.1) is 0 Å². The highest BCUT2D eigenvalue weighted by atomic mass is 16.4. The Morgan fingerprint density at radius 2 is 1.67 bits per heavy atom. The van der Waals surface area contributed by atoms with Crippen molar-refractivity contribution in [2.45, 2.75) is 45.4 Å². The molecule has 106 valence electrons. The third-order valence-corrected chi connectivity index (χ3v) is 3.65. The smallest absolute Gasteiger partial charge is 0.304 e. The number of nitrogens with zero attached hydrogens (tertiary/aromatic N) is 2. The van der Waals surface area contributed by atoms with Crippen molar-refractivity contribution in [3.8, 4) is 0 Å². The number of carboxylic acids is 1. The number of unbranched alkanes of at least 4 members (excludes halogenated alkanes) is 3. The molecule has 1 N–H and O–H groups in total. The van der Waals surface area contributed by atoms with Gasteiger partial charge in [0, 0.05) is 19.6 Å². The fraction of sp³-hybridized carbons (Fsp3) is 0.929. The molecule has 4 heteroatoms. The molecule has 0 atom stereocenters. The van der Waals surface area contributed by atoms with Gasteiger partial charge < -0.3 is 14.9 Å². The van der Waals surface area contributed by atoms with Crippen LogP contribution in [0.2, 0.25) is 0 Å². The fourth-order valence-electron chi connectivity index (χ4n) is 2.49. The van der Waals surface area contributed by atoms with Crippen molar-refractivity contribution in [2.24, 2.45) is 0 Å². The number of hydrogen-bond donors (Lipinski definition) is 1. The number of carboxylic acid groups (broad SMARTS) is 1. The third-order valence-electron chi connectivity index (χ3n) is 3.65. The Kier molecular flexibility index (Phi) is 8.01. The molecular formula is C14H28N2O2. The Balaban J connectivity index is 2.13. The first kappa shape index (κ1) is 15.4. The molecule has 0 aliphatic carbocycles. The summed E-state index contributed by atoms with van der Waals surface area (Å²) in [6.45, 7) is 8.53. The van der Waals surface area contributed by atoms with Crippen LogP contribution in [0.25, 0.3) is 0 Å². The summed E-state index contributed by atoms with van der Waals surface area (Å²) in [5.74, 6) is -0.685. The second-order valence-corrected chi connectivity index (χ2v) is 5.24. The molecule has 1 aliphatic heterocycles. The van der Waals surface area contributed by atoms with Gasteiger partial charge in [-0.3, -0.25) is 4.79 Å². The average molecular weight is 256 g/mol. The van der Waals surface area contributed by atoms with E-state index in [0.717, 1.165) is 19.6 Å². The molecule has 0 radical (unpaired) electrons. The molecule has 0 saturated carbocycles. The van der Waals surface area contributed by atoms with Crippen molar-refractivity contribution in [2.75, 3.05) is 39.3 Å². The van der Waals surface area contributed by atoms with Crippen molar-refractivity contribution >= 4 is 5.97 Å². The molecule has 0 amide bonds. The van der Waals surface area contributed by atoms with Crippen molar-refractivity contribution in [3.05, 3.63) is 0 Å². The monoisotopic (exact) mass is 256 g/mol. The molecule has 1 fully saturated rings. The van der Waals surface area contributed by atoms with Crippen LogP contribution in [-0.2, 0) is 4.79 Å². The van der Waals surface area contributed by atoms with E-state index in [-0.39, 0.29) is 6.42 Å². The first-order valence-corrected chi connectivity index (χ1v) is 7.39. The second kappa shape index (κ2) is 9.34. The molecule has 1 aliphatic rings. The van der Waals surface area contributed by atoms with E-state index in [1.807, 2.05) is 0 Å². The highest BCUT2D eigenvalue weighted by molar-refractivity contribution is 5.66. The molecular weight excluding hydrogens is 228 g/mol. The average Bonchev–Trinajstić information content (AvgIpc) is 2.57. The van der Waals surface area contributed by atoms with Gasteiger partial charge in [0.1, 0.15) is 0 Å². The van der Waals surface area contributed by atoms with Gasteiger partial charge in [0.15, 0.2) is 0 Å². The van der Waals surface area contributed by atoms with E-state index in [4.69, 9.17) is 5.11 Å². The largest absolute Gasteiger partial charge is 0.481 e. The number of rotatable bonds is 8. The number of carbonyl (C=O) groups is 1. The fourth-order valence-corrected chi connectivity index (χ4v) is 2.49. The normalized spacial score (nSPS) is 18.7. The predicted octanol–water partition coefficient (Wildman–Crippen LogP) is 2.05. The van der Waals surface area contributed by atoms with Crippen LogP contribution < -0.4 is 0 Å². The van der Waals surface area contributed by atoms with Crippen LogP contribution in [0.1, 0.15) is 45.4 Å². The summed E-state index contributed by atoms with van der Waals surface area (Å²) in [5, 5.41) is 8.70. The van der Waals surface area contributed by atoms with Gasteiger partial charge in [-0.25, -0.2) is 0 Å². The molecule has 18 heavy (non-hydrogen) atoms. The summed E-state index contributed by atoms with van der Waals surface area (Å²) in [6, 6.07) is 0. The zero-order valence-corrected chi connectivity index (χ0v) is 11.7. The lowest BCUT2D eigenvalue weighted by atomic mass is 10.2. The maximum absolute atomic E-state index is 10.6. The summed E-state index contributed by atoms with van der Waals surface area (Å²) in [4.78, 5) is 15.4. The Labute approximate surface area is 111 Å². The summed E-state index contributed by atoms with van der Waals surface area (Å²) >= 11 is 0. The minimum Gasteiger partial charge on any atom is -0.481 e. The van der Waals surface area contributed by atoms with E-state index < -0.39 is 5.97 Å². The first-order valence-electron chi connectivity index (χ1n) is 7.39. The second-order valence-electron chi connectivity index (χ2n) is 5.24. The molecule has 0 aromatic rings. The lowest BCUT2D eigenvalue weighted by Gasteiger charge is -2.21. The number of aliphatic carboxylic acids is 1. The maximum atomic E-state index is 10.6. The van der Waals surface area contributed by atoms with E-state index in [1.165, 1.54) is 45.2 Å². The van der Waals surface area contributed by atoms with Crippen LogP contribution >= 0.6 is 0 Å². The van der Waals surface area contributed by atoms with Gasteiger partial charge in [-0.2, -0.15) is 0 Å². The maximum Gasteiger partial charge on any atom is 0.304 e. The highest BCUT2D eigenvalue weighted by Gasteiger charge is 2.14. The minimum absolute atomic E-state index is 0.274. The molecule has 0 bridgehead atoms. The van der Waals surface area contributed by atoms with Crippen LogP contribution in [0.5, 0.6) is 0 Å². The van der Waals surface area contributed by atoms with Gasteiger partial charge in [-0.1, -0.05) is 26.2 Å². The first-order chi connectivity index (χ1) is 8.72. The summed E-state index contributed by atoms with van der Waals surface area (Å²) < 4.78 is 0. The van der Waals surface area contributed by atoms with Gasteiger partial charge in [0.25, 0.3) is 0 Å². The molecule has 1 heterocycles. The highest BCUT2D eigenvalue weighted by Crippen LogP contribution is 2.06. The van der Waals surface area contributed by atoms with E-state index >= 15 is 0 Å². The van der Waals surface area contributed by atoms with Gasteiger partial charge in [0.05, 0.1) is 6.42 Å². The summed E-state index contributed by atoms with van der Waals surface area (Å²) in [6.07, 6.45) is 6.74. The molecule has 1 saturated heterocycles. The summed E-state index contributed by atoms with van der Waals surface area (Å²) in [5.41, 5.74) is 0. The van der Waals surface area contributed by atoms with Crippen LogP contribution in [0.4, 0.5) is 0 Å². The minimum atomic E-state index is -0.685. The van der Waals surface area contributed by atoms with Gasteiger partial charge in [-0.15, -0.1) is 0 Å². The van der Waals surface area contributed by atoms with Crippen molar-refractivity contribution in [1.82, 2.24) is 9.80 Å². The zero-order chi connectivity index (χ0) is 13.2. The Morgan fingerprint density at radius 1 is 1.00 bits per heavy atom. The Hall–Kier alpha value is -0.610. The lowest BCUT2D eigenvalue weighted by Crippen LogP contribution is -2.32. The zero-order valence-electron chi connectivity index (χ0n) is 11.7. The topological polar surface area (TPSA) is 43.8 Å². The third kappa shape index (κ3) is 6.97. The van der Waals surface area contributed by atoms with Gasteiger partial charge in [0.2, 0.25) is 0 Å². The van der Waals surface area contributed by atoms with Crippen LogP contribution in [0.3, 0.4) is 0 Å². The molecule has 0 spiro atoms. The van der Waals surface area contributed by atoms with E-state index in [2.05, 4.69) is 16.7 Å². The number of hydrogen-bond acceptors (Lipinski definition) is 3. The molecule has 4 nitrogen and oxygen atoms in total. The van der Waals surface area contributed by atoms with Crippen molar-refractivity contribution < 1.29 is 9.90 Å². The van der Waals surface area contributed by atoms with Crippen LogP contribution in [0.15, 0.2) is 0 Å². The Bertz CT molecular complexity index is 234.